The highest BCUT2D eigenvalue weighted by Crippen LogP contribution is 2.56. The predicted octanol–water partition coefficient (Wildman–Crippen LogP) is 0.101. The van der Waals surface area contributed by atoms with Gasteiger partial charge in [-0.2, -0.15) is 9.97 Å². The minimum Gasteiger partial charge on any atom is -0.394 e. The van der Waals surface area contributed by atoms with Crippen molar-refractivity contribution in [1.29, 1.82) is 0 Å². The Morgan fingerprint density at radius 3 is 2.50 bits per heavy atom. The minimum absolute atomic E-state index is 0.0595. The van der Waals surface area contributed by atoms with Crippen molar-refractivity contribution >= 4 is 30.7 Å². The number of anilines is 2. The Morgan fingerprint density at radius 2 is 1.82 bits per heavy atom. The number of aliphatic hydroxyl groups is 2. The summed E-state index contributed by atoms with van der Waals surface area (Å²) in [6.45, 7) is 3.85. The van der Waals surface area contributed by atoms with E-state index in [1.165, 1.54) is 27.7 Å². The van der Waals surface area contributed by atoms with Crippen LogP contribution in [0.25, 0.3) is 11.2 Å². The molecule has 0 saturated carbocycles. The first-order valence-corrected chi connectivity index (χ1v) is 15.9. The molecule has 0 aliphatic carbocycles. The van der Waals surface area contributed by atoms with Crippen molar-refractivity contribution in [2.24, 2.45) is 0 Å². The molecule has 7 atom stereocenters. The molecule has 0 bridgehead atoms. The van der Waals surface area contributed by atoms with Crippen molar-refractivity contribution in [2.75, 3.05) is 37.8 Å². The Bertz CT molecular complexity index is 1610. The monoisotopic (exact) mass is 639 g/mol. The van der Waals surface area contributed by atoms with Gasteiger partial charge >= 0.3 is 13.4 Å². The molecule has 7 N–H and O–H groups in total. The number of aromatic amines is 1. The van der Waals surface area contributed by atoms with Crippen molar-refractivity contribution in [3.63, 3.8) is 0 Å². The van der Waals surface area contributed by atoms with E-state index in [9.17, 15) is 24.4 Å². The summed E-state index contributed by atoms with van der Waals surface area (Å²) in [4.78, 5) is 38.9. The van der Waals surface area contributed by atoms with Crippen molar-refractivity contribution in [1.82, 2.24) is 33.7 Å². The Labute approximate surface area is 251 Å². The molecule has 18 nitrogen and oxygen atoms in total. The number of hydrogen-bond acceptors (Lipinski definition) is 14. The van der Waals surface area contributed by atoms with Crippen LogP contribution in [-0.4, -0.2) is 94.7 Å². The molecule has 2 saturated heterocycles. The van der Waals surface area contributed by atoms with E-state index in [0.29, 0.717) is 25.9 Å². The van der Waals surface area contributed by atoms with Crippen LogP contribution in [0.4, 0.5) is 11.8 Å². The summed E-state index contributed by atoms with van der Waals surface area (Å²) in [5.41, 5.74) is 10.4. The summed E-state index contributed by atoms with van der Waals surface area (Å²) in [6, 6.07) is 1.44. The largest absolute Gasteiger partial charge is 0.408 e. The van der Waals surface area contributed by atoms with Gasteiger partial charge in [-0.25, -0.2) is 19.0 Å². The van der Waals surface area contributed by atoms with E-state index in [1.54, 1.807) is 4.67 Å². The third kappa shape index (κ3) is 6.57. The minimum atomic E-state index is -4.08. The summed E-state index contributed by atoms with van der Waals surface area (Å²) < 4.78 is 43.0. The summed E-state index contributed by atoms with van der Waals surface area (Å²) in [6.07, 6.45) is -1.09. The van der Waals surface area contributed by atoms with Gasteiger partial charge in [0.25, 0.3) is 5.56 Å². The van der Waals surface area contributed by atoms with E-state index in [4.69, 9.17) is 30.0 Å². The van der Waals surface area contributed by atoms with E-state index in [2.05, 4.69) is 19.9 Å². The van der Waals surface area contributed by atoms with E-state index >= 15 is 0 Å². The summed E-state index contributed by atoms with van der Waals surface area (Å²) in [5.74, 6) is -0.0400. The topological polar surface area (TPSA) is 248 Å². The van der Waals surface area contributed by atoms with Gasteiger partial charge < -0.3 is 31.2 Å². The lowest BCUT2D eigenvalue weighted by Gasteiger charge is -2.33. The van der Waals surface area contributed by atoms with E-state index in [1.807, 2.05) is 13.8 Å². The zero-order chi connectivity index (χ0) is 31.6. The van der Waals surface area contributed by atoms with Gasteiger partial charge in [0.2, 0.25) is 5.95 Å². The lowest BCUT2D eigenvalue weighted by atomic mass is 10.2. The van der Waals surface area contributed by atoms with Gasteiger partial charge in [0.15, 0.2) is 11.2 Å². The molecular weight excluding hydrogens is 601 g/mol. The number of aromatic nitrogens is 6. The fraction of sp³-hybridized carbons (Fsp3) is 0.640. The number of hydrogen-bond donors (Lipinski definition) is 5. The number of nitrogens with one attached hydrogen (secondary N) is 1. The van der Waals surface area contributed by atoms with Crippen LogP contribution in [0.1, 0.15) is 52.0 Å². The molecule has 0 spiro atoms. The van der Waals surface area contributed by atoms with Crippen molar-refractivity contribution in [3.05, 3.63) is 39.4 Å². The molecule has 44 heavy (non-hydrogen) atoms. The van der Waals surface area contributed by atoms with E-state index in [-0.39, 0.29) is 42.4 Å². The molecule has 3 aromatic rings. The lowest BCUT2D eigenvalue weighted by Crippen LogP contribution is -2.34. The number of nitrogens with two attached hydrogens (primary N) is 2. The molecule has 5 rings (SSSR count). The Balaban J connectivity index is 1.35. The van der Waals surface area contributed by atoms with Crippen LogP contribution >= 0.6 is 7.75 Å². The zero-order valence-electron chi connectivity index (χ0n) is 24.4. The maximum absolute atomic E-state index is 14.5. The van der Waals surface area contributed by atoms with Crippen molar-refractivity contribution in [3.8, 4) is 0 Å². The number of H-pyrrole nitrogens is 1. The normalized spacial score (nSPS) is 26.9. The second-order valence-corrected chi connectivity index (χ2v) is 12.6. The quantitative estimate of drug-likeness (QED) is 0.156. The lowest BCUT2D eigenvalue weighted by molar-refractivity contribution is -0.0551. The van der Waals surface area contributed by atoms with E-state index in [0.717, 1.165) is 0 Å². The average molecular weight is 640 g/mol. The molecule has 0 radical (unpaired) electrons. The predicted molar refractivity (Wildman–Crippen MR) is 156 cm³/mol. The third-order valence-corrected chi connectivity index (χ3v) is 9.57. The molecule has 1 unspecified atom stereocenters. The standard InChI is InChI=1S/C25H38N9O9P/c1-3-6-32(7-4-2)44(39,40-12-17-14(36)9-19(42-17)33-8-5-18(26)29-25(33)38)43-15-10-20(41-16(15)11-35)34-13-28-21-22(34)30-24(27)31-23(21)37/h5,8,13-17,19-20,35-36H,3-4,6-7,9-12H2,1-2H3,(H2,26,29,38)(H3,27,30,31,37)/t14-,15-,16+,17+,19+,20+,44?/m0/s1. The van der Waals surface area contributed by atoms with Gasteiger partial charge in [0, 0.05) is 32.1 Å². The number of nitrogen functional groups attached to an aromatic ring is 2. The maximum Gasteiger partial charge on any atom is 0.408 e. The Kier molecular flexibility index (Phi) is 9.81. The Morgan fingerprint density at radius 1 is 1.11 bits per heavy atom. The van der Waals surface area contributed by atoms with Crippen LogP contribution < -0.4 is 22.7 Å². The number of imidazole rings is 1. The number of ether oxygens (including phenoxy) is 2. The van der Waals surface area contributed by atoms with Gasteiger partial charge in [-0.3, -0.25) is 28.0 Å². The molecule has 0 aromatic carbocycles. The van der Waals surface area contributed by atoms with E-state index < -0.39 is 62.5 Å². The highest BCUT2D eigenvalue weighted by molar-refractivity contribution is 7.51. The van der Waals surface area contributed by atoms with Crippen LogP contribution in [0, 0.1) is 0 Å². The maximum atomic E-state index is 14.5. The summed E-state index contributed by atoms with van der Waals surface area (Å²) >= 11 is 0. The summed E-state index contributed by atoms with van der Waals surface area (Å²) in [5, 5.41) is 20.9. The molecule has 0 amide bonds. The van der Waals surface area contributed by atoms with Gasteiger partial charge in [-0.1, -0.05) is 13.8 Å². The number of rotatable bonds is 13. The molecule has 2 aliphatic heterocycles. The SMILES string of the molecule is CCCN(CCC)P(=O)(OC[C@H]1O[C@@H](n2ccc(N)nc2=O)C[C@@H]1O)O[C@H]1C[C@H](n2cnc3c(=O)[nH]c(N)nc32)O[C@@H]1CO. The Hall–Kier alpha value is -3.22. The summed E-state index contributed by atoms with van der Waals surface area (Å²) in [7, 11) is -4.08. The molecule has 242 valence electrons. The third-order valence-electron chi connectivity index (χ3n) is 7.47. The number of aliphatic hydroxyl groups excluding tert-OH is 2. The smallest absolute Gasteiger partial charge is 0.394 e. The van der Waals surface area contributed by atoms with Gasteiger partial charge in [-0.05, 0) is 18.9 Å². The highest BCUT2D eigenvalue weighted by atomic mass is 31.2. The first-order chi connectivity index (χ1) is 21.1. The van der Waals surface area contributed by atoms with Crippen LogP contribution in [-0.2, 0) is 23.1 Å². The van der Waals surface area contributed by atoms with Crippen LogP contribution in [0.15, 0.2) is 28.2 Å². The first-order valence-electron chi connectivity index (χ1n) is 14.4. The first kappa shape index (κ1) is 32.2. The highest BCUT2D eigenvalue weighted by Gasteiger charge is 2.46. The van der Waals surface area contributed by atoms with Gasteiger partial charge in [0.1, 0.15) is 36.6 Å². The number of nitrogens with zero attached hydrogens (tertiary/aromatic N) is 6. The van der Waals surface area contributed by atoms with Crippen LogP contribution in [0.3, 0.4) is 0 Å². The number of fused-ring (bicyclic) bond motifs is 1. The van der Waals surface area contributed by atoms with Crippen LogP contribution in [0.2, 0.25) is 0 Å². The molecule has 2 aliphatic rings. The molecule has 5 heterocycles. The second-order valence-electron chi connectivity index (χ2n) is 10.7. The second kappa shape index (κ2) is 13.4. The van der Waals surface area contributed by atoms with Crippen molar-refractivity contribution in [2.45, 2.75) is 76.4 Å². The molecule has 19 heteroatoms. The molecule has 3 aromatic heterocycles. The molecular formula is C25H38N9O9P. The average Bonchev–Trinajstić information content (AvgIpc) is 3.68. The fourth-order valence-corrected chi connectivity index (χ4v) is 7.52. The molecule has 2 fully saturated rings. The van der Waals surface area contributed by atoms with Gasteiger partial charge in [0.05, 0.1) is 25.6 Å². The fourth-order valence-electron chi connectivity index (χ4n) is 5.37. The van der Waals surface area contributed by atoms with Gasteiger partial charge in [-0.15, -0.1) is 0 Å². The van der Waals surface area contributed by atoms with Crippen molar-refractivity contribution < 1.29 is 33.3 Å². The zero-order valence-corrected chi connectivity index (χ0v) is 25.3. The van der Waals surface area contributed by atoms with Crippen LogP contribution in [0.5, 0.6) is 0 Å².